The highest BCUT2D eigenvalue weighted by Gasteiger charge is 2.18. The van der Waals surface area contributed by atoms with Crippen LogP contribution < -0.4 is 5.32 Å². The molecule has 1 N–H and O–H groups in total. The molecule has 31 heavy (non-hydrogen) atoms. The van der Waals surface area contributed by atoms with Gasteiger partial charge in [-0.25, -0.2) is 4.98 Å². The van der Waals surface area contributed by atoms with E-state index in [1.165, 1.54) is 11.3 Å². The van der Waals surface area contributed by atoms with Crippen LogP contribution in [0.25, 0.3) is 21.3 Å². The third-order valence-corrected chi connectivity index (χ3v) is 6.75. The van der Waals surface area contributed by atoms with E-state index in [-0.39, 0.29) is 5.91 Å². The Hall–Kier alpha value is -3.23. The Bertz CT molecular complexity index is 1460. The molecule has 4 aromatic heterocycles. The van der Waals surface area contributed by atoms with Crippen molar-refractivity contribution in [1.82, 2.24) is 24.5 Å². The van der Waals surface area contributed by atoms with Gasteiger partial charge in [0.25, 0.3) is 5.91 Å². The number of anilines is 1. The van der Waals surface area contributed by atoms with E-state index in [1.54, 1.807) is 10.9 Å². The molecule has 0 aliphatic heterocycles. The number of nitrogens with one attached hydrogen (secondary N) is 1. The van der Waals surface area contributed by atoms with Gasteiger partial charge in [-0.2, -0.15) is 10.2 Å². The lowest BCUT2D eigenvalue weighted by Crippen LogP contribution is -2.10. The van der Waals surface area contributed by atoms with Crippen LogP contribution in [0.5, 0.6) is 0 Å². The second kappa shape index (κ2) is 7.47. The van der Waals surface area contributed by atoms with E-state index in [2.05, 4.69) is 20.5 Å². The number of halogens is 1. The van der Waals surface area contributed by atoms with Gasteiger partial charge in [0, 0.05) is 22.8 Å². The number of aryl methyl sites for hydroxylation is 3. The Morgan fingerprint density at radius 3 is 2.71 bits per heavy atom. The Labute approximate surface area is 187 Å². The largest absolute Gasteiger partial charge is 0.320 e. The van der Waals surface area contributed by atoms with Gasteiger partial charge in [0.2, 0.25) is 0 Å². The molecular weight excluding hydrogens is 432 g/mol. The quantitative estimate of drug-likeness (QED) is 0.420. The van der Waals surface area contributed by atoms with Crippen LogP contribution >= 0.6 is 22.9 Å². The van der Waals surface area contributed by atoms with Crippen LogP contribution in [0.15, 0.2) is 42.6 Å². The minimum Gasteiger partial charge on any atom is -0.320 e. The first-order valence-electron chi connectivity index (χ1n) is 9.72. The maximum atomic E-state index is 12.9. The summed E-state index contributed by atoms with van der Waals surface area (Å²) in [5.74, 6) is -0.174. The number of benzene rings is 1. The van der Waals surface area contributed by atoms with Crippen molar-refractivity contribution >= 4 is 55.8 Å². The van der Waals surface area contributed by atoms with Gasteiger partial charge in [0.15, 0.2) is 5.65 Å². The van der Waals surface area contributed by atoms with Crippen molar-refractivity contribution in [3.63, 3.8) is 0 Å². The number of pyridine rings is 1. The monoisotopic (exact) mass is 450 g/mol. The zero-order valence-corrected chi connectivity index (χ0v) is 18.8. The maximum absolute atomic E-state index is 12.9. The van der Waals surface area contributed by atoms with Crippen molar-refractivity contribution in [3.8, 4) is 0 Å². The van der Waals surface area contributed by atoms with Crippen LogP contribution in [-0.4, -0.2) is 30.5 Å². The molecule has 1 amide bonds. The highest BCUT2D eigenvalue weighted by atomic mass is 35.5. The predicted octanol–water partition coefficient (Wildman–Crippen LogP) is 4.95. The molecule has 7 nitrogen and oxygen atoms in total. The van der Waals surface area contributed by atoms with Crippen LogP contribution in [-0.2, 0) is 13.6 Å². The summed E-state index contributed by atoms with van der Waals surface area (Å²) in [5, 5.41) is 14.6. The van der Waals surface area contributed by atoms with Gasteiger partial charge in [-0.15, -0.1) is 11.3 Å². The zero-order valence-electron chi connectivity index (χ0n) is 17.2. The fourth-order valence-electron chi connectivity index (χ4n) is 3.69. The molecule has 4 heterocycles. The van der Waals surface area contributed by atoms with Crippen LogP contribution in [0.4, 0.5) is 5.69 Å². The van der Waals surface area contributed by atoms with Gasteiger partial charge >= 0.3 is 0 Å². The summed E-state index contributed by atoms with van der Waals surface area (Å²) in [5.41, 5.74) is 4.16. The molecule has 5 rings (SSSR count). The Morgan fingerprint density at radius 1 is 1.13 bits per heavy atom. The third-order valence-electron chi connectivity index (χ3n) is 5.23. The number of aromatic nitrogens is 5. The molecule has 0 unspecified atom stereocenters. The Morgan fingerprint density at radius 2 is 1.90 bits per heavy atom. The van der Waals surface area contributed by atoms with E-state index in [4.69, 9.17) is 11.6 Å². The summed E-state index contributed by atoms with van der Waals surface area (Å²) in [6.07, 6.45) is 1.65. The summed E-state index contributed by atoms with van der Waals surface area (Å²) in [7, 11) is 1.85. The molecule has 0 aliphatic rings. The molecule has 0 fully saturated rings. The van der Waals surface area contributed by atoms with Crippen molar-refractivity contribution in [2.24, 2.45) is 7.05 Å². The number of rotatable bonds is 4. The van der Waals surface area contributed by atoms with E-state index in [0.717, 1.165) is 38.2 Å². The number of hydrogen-bond donors (Lipinski definition) is 1. The molecule has 1 aromatic carbocycles. The first-order valence-corrected chi connectivity index (χ1v) is 10.9. The Kier molecular flexibility index (Phi) is 4.75. The minimum absolute atomic E-state index is 0.174. The molecule has 0 atom stereocenters. The van der Waals surface area contributed by atoms with E-state index in [1.807, 2.05) is 62.0 Å². The van der Waals surface area contributed by atoms with Crippen molar-refractivity contribution in [3.05, 3.63) is 69.4 Å². The summed E-state index contributed by atoms with van der Waals surface area (Å²) < 4.78 is 3.63. The van der Waals surface area contributed by atoms with E-state index < -0.39 is 0 Å². The molecule has 0 radical (unpaired) electrons. The molecule has 0 aliphatic carbocycles. The third kappa shape index (κ3) is 3.47. The van der Waals surface area contributed by atoms with Crippen LogP contribution in [0.2, 0.25) is 5.02 Å². The summed E-state index contributed by atoms with van der Waals surface area (Å²) in [6, 6.07) is 11.5. The maximum Gasteiger partial charge on any atom is 0.265 e. The lowest BCUT2D eigenvalue weighted by molar-refractivity contribution is 0.103. The van der Waals surface area contributed by atoms with E-state index in [0.29, 0.717) is 22.1 Å². The summed E-state index contributed by atoms with van der Waals surface area (Å²) >= 11 is 7.73. The number of carbonyl (C=O) groups excluding carboxylic acids is 1. The molecule has 0 spiro atoms. The van der Waals surface area contributed by atoms with Gasteiger partial charge in [0.05, 0.1) is 34.7 Å². The minimum atomic E-state index is -0.174. The van der Waals surface area contributed by atoms with Gasteiger partial charge in [-0.05, 0) is 37.6 Å². The molecule has 9 heteroatoms. The molecule has 156 valence electrons. The topological polar surface area (TPSA) is 77.6 Å². The number of thiophene rings is 1. The van der Waals surface area contributed by atoms with Gasteiger partial charge in [-0.1, -0.05) is 29.8 Å². The summed E-state index contributed by atoms with van der Waals surface area (Å²) in [6.45, 7) is 4.42. The highest BCUT2D eigenvalue weighted by molar-refractivity contribution is 7.20. The number of amides is 1. The number of fused-ring (bicyclic) bond motifs is 2. The predicted molar refractivity (Wildman–Crippen MR) is 124 cm³/mol. The molecule has 0 bridgehead atoms. The molecule has 0 saturated heterocycles. The second-order valence-corrected chi connectivity index (χ2v) is 8.86. The molecule has 5 aromatic rings. The average Bonchev–Trinajstić information content (AvgIpc) is 3.39. The first kappa shape index (κ1) is 19.7. The van der Waals surface area contributed by atoms with Crippen molar-refractivity contribution in [1.29, 1.82) is 0 Å². The molecule has 0 saturated carbocycles. The number of nitrogens with zero attached hydrogens (tertiary/aromatic N) is 5. The van der Waals surface area contributed by atoms with E-state index in [9.17, 15) is 4.79 Å². The lowest BCUT2D eigenvalue weighted by Gasteiger charge is -2.05. The Balaban J connectivity index is 1.44. The second-order valence-electron chi connectivity index (χ2n) is 7.42. The van der Waals surface area contributed by atoms with Crippen LogP contribution in [0.1, 0.15) is 26.6 Å². The number of carbonyl (C=O) groups is 1. The zero-order chi connectivity index (χ0) is 21.7. The normalized spacial score (nSPS) is 11.5. The van der Waals surface area contributed by atoms with E-state index >= 15 is 0 Å². The van der Waals surface area contributed by atoms with Gasteiger partial charge in [0.1, 0.15) is 4.83 Å². The first-order chi connectivity index (χ1) is 14.9. The molecular formula is C22H19ClN6OS. The standard InChI is InChI=1S/C22H19ClN6OS/c1-12-16-8-15(10-24-20(16)28(3)26-12)25-21(30)19-9-17-13(2)27-29(22(17)31-19)11-14-6-4-5-7-18(14)23/h4-10H,11H2,1-3H3,(H,25,30). The fourth-order valence-corrected chi connectivity index (χ4v) is 4.94. The number of hydrogen-bond acceptors (Lipinski definition) is 5. The summed E-state index contributed by atoms with van der Waals surface area (Å²) in [4.78, 5) is 18.9. The SMILES string of the molecule is Cc1nn(C)c2ncc(NC(=O)c3cc4c(C)nn(Cc5ccccc5Cl)c4s3)cc12. The van der Waals surface area contributed by atoms with Gasteiger partial charge in [-0.3, -0.25) is 14.2 Å². The van der Waals surface area contributed by atoms with Crippen molar-refractivity contribution in [2.75, 3.05) is 5.32 Å². The van der Waals surface area contributed by atoms with Crippen molar-refractivity contribution < 1.29 is 4.79 Å². The van der Waals surface area contributed by atoms with Crippen LogP contribution in [0, 0.1) is 13.8 Å². The highest BCUT2D eigenvalue weighted by Crippen LogP contribution is 2.30. The van der Waals surface area contributed by atoms with Gasteiger partial charge < -0.3 is 5.32 Å². The lowest BCUT2D eigenvalue weighted by atomic mass is 10.2. The smallest absolute Gasteiger partial charge is 0.265 e. The van der Waals surface area contributed by atoms with Crippen LogP contribution in [0.3, 0.4) is 0 Å². The fraction of sp³-hybridized carbons (Fsp3) is 0.182. The van der Waals surface area contributed by atoms with Crippen molar-refractivity contribution in [2.45, 2.75) is 20.4 Å². The average molecular weight is 451 g/mol.